The molecular formula is C14H20N2O7S. The molecule has 0 radical (unpaired) electrons. The number of Topliss-reactive ketones (excluding diaryl/α,β-unsaturated/α-hetero) is 2. The lowest BCUT2D eigenvalue weighted by molar-refractivity contribution is -0.157. The molecule has 0 aromatic heterocycles. The minimum atomic E-state index is -3.29. The molecule has 1 fully saturated rings. The van der Waals surface area contributed by atoms with Crippen molar-refractivity contribution in [2.24, 2.45) is 0 Å². The van der Waals surface area contributed by atoms with Crippen LogP contribution in [0.3, 0.4) is 0 Å². The number of sulfone groups is 1. The van der Waals surface area contributed by atoms with Crippen LogP contribution in [0.5, 0.6) is 0 Å². The predicted molar refractivity (Wildman–Crippen MR) is 83.7 cm³/mol. The second kappa shape index (κ2) is 9.16. The summed E-state index contributed by atoms with van der Waals surface area (Å²) >= 11 is 0. The van der Waals surface area contributed by atoms with Crippen LogP contribution in [0, 0.1) is 0 Å². The van der Waals surface area contributed by atoms with Gasteiger partial charge in [-0.25, -0.2) is 13.2 Å². The highest BCUT2D eigenvalue weighted by molar-refractivity contribution is 7.94. The van der Waals surface area contributed by atoms with E-state index >= 15 is 0 Å². The monoisotopic (exact) mass is 360 g/mol. The van der Waals surface area contributed by atoms with Crippen LogP contribution >= 0.6 is 0 Å². The number of hydrogen-bond acceptors (Lipinski definition) is 7. The number of rotatable bonds is 9. The molecule has 9 nitrogen and oxygen atoms in total. The van der Waals surface area contributed by atoms with E-state index in [4.69, 9.17) is 4.74 Å². The van der Waals surface area contributed by atoms with Crippen LogP contribution in [-0.2, 0) is 29.0 Å². The summed E-state index contributed by atoms with van der Waals surface area (Å²) < 4.78 is 27.0. The molecule has 1 rings (SSSR count). The second-order valence-corrected chi connectivity index (χ2v) is 7.19. The van der Waals surface area contributed by atoms with Gasteiger partial charge < -0.3 is 15.4 Å². The first-order chi connectivity index (χ1) is 11.2. The standard InChI is InChI=1S/C14H20N2O7S/c1-2-24(21,22)9-3-7-15-14(20)16-8-6-12(19)23-13-10(17)4-5-11(13)18/h2,13H,1,3-9H2,(H2,15,16,20). The number of carbonyl (C=O) groups excluding carboxylic acids is 4. The van der Waals surface area contributed by atoms with Gasteiger partial charge in [0.25, 0.3) is 0 Å². The summed E-state index contributed by atoms with van der Waals surface area (Å²) in [5.74, 6) is -1.69. The van der Waals surface area contributed by atoms with Crippen molar-refractivity contribution >= 4 is 33.4 Å². The quantitative estimate of drug-likeness (QED) is 0.320. The SMILES string of the molecule is C=CS(=O)(=O)CCCNC(=O)NCCC(=O)OC1C(=O)CCC1=O. The summed E-state index contributed by atoms with van der Waals surface area (Å²) in [6.07, 6.45) is -1.10. The Morgan fingerprint density at radius 3 is 2.33 bits per heavy atom. The lowest BCUT2D eigenvalue weighted by atomic mass is 10.3. The van der Waals surface area contributed by atoms with Crippen molar-refractivity contribution in [3.8, 4) is 0 Å². The Bertz CT molecular complexity index is 611. The molecule has 2 amide bonds. The molecule has 1 saturated carbocycles. The van der Waals surface area contributed by atoms with Gasteiger partial charge in [0.1, 0.15) is 0 Å². The maximum Gasteiger partial charge on any atom is 0.314 e. The Kier molecular flexibility index (Phi) is 7.56. The fraction of sp³-hybridized carbons (Fsp3) is 0.571. The zero-order valence-electron chi connectivity index (χ0n) is 13.1. The largest absolute Gasteiger partial charge is 0.446 e. The second-order valence-electron chi connectivity index (χ2n) is 5.12. The van der Waals surface area contributed by atoms with Crippen molar-refractivity contribution in [1.82, 2.24) is 10.6 Å². The Morgan fingerprint density at radius 2 is 1.75 bits per heavy atom. The summed E-state index contributed by atoms with van der Waals surface area (Å²) in [7, 11) is -3.29. The van der Waals surface area contributed by atoms with Gasteiger partial charge in [0.2, 0.25) is 6.10 Å². The third-order valence-electron chi connectivity index (χ3n) is 3.21. The van der Waals surface area contributed by atoms with Gasteiger partial charge in [-0.2, -0.15) is 0 Å². The van der Waals surface area contributed by atoms with E-state index in [0.29, 0.717) is 0 Å². The first-order valence-corrected chi connectivity index (χ1v) is 9.08. The van der Waals surface area contributed by atoms with Crippen LogP contribution in [0.2, 0.25) is 0 Å². The molecule has 0 aliphatic heterocycles. The van der Waals surface area contributed by atoms with Gasteiger partial charge in [0.05, 0.1) is 12.2 Å². The zero-order chi connectivity index (χ0) is 18.2. The van der Waals surface area contributed by atoms with E-state index in [1.165, 1.54) is 0 Å². The molecule has 0 unspecified atom stereocenters. The minimum Gasteiger partial charge on any atom is -0.446 e. The number of hydrogen-bond donors (Lipinski definition) is 2. The summed E-state index contributed by atoms with van der Waals surface area (Å²) in [4.78, 5) is 45.5. The molecule has 0 aromatic carbocycles. The maximum atomic E-state index is 11.5. The fourth-order valence-corrected chi connectivity index (χ4v) is 2.62. The highest BCUT2D eigenvalue weighted by atomic mass is 32.2. The Balaban J connectivity index is 2.14. The predicted octanol–water partition coefficient (Wildman–Crippen LogP) is -0.532. The van der Waals surface area contributed by atoms with E-state index in [2.05, 4.69) is 17.2 Å². The molecule has 0 atom stereocenters. The molecule has 2 N–H and O–H groups in total. The molecular weight excluding hydrogens is 340 g/mol. The highest BCUT2D eigenvalue weighted by Gasteiger charge is 2.35. The molecule has 1 aliphatic carbocycles. The lowest BCUT2D eigenvalue weighted by Crippen LogP contribution is -2.38. The van der Waals surface area contributed by atoms with Gasteiger partial charge in [0, 0.05) is 31.3 Å². The number of ether oxygens (including phenoxy) is 1. The molecule has 0 bridgehead atoms. The number of esters is 1. The number of amides is 2. The van der Waals surface area contributed by atoms with Crippen LogP contribution in [0.15, 0.2) is 12.0 Å². The Hall–Kier alpha value is -2.23. The van der Waals surface area contributed by atoms with E-state index in [1.807, 2.05) is 0 Å². The van der Waals surface area contributed by atoms with Crippen LogP contribution in [0.25, 0.3) is 0 Å². The van der Waals surface area contributed by atoms with Gasteiger partial charge in [0.15, 0.2) is 21.4 Å². The van der Waals surface area contributed by atoms with E-state index in [-0.39, 0.29) is 44.5 Å². The fourth-order valence-electron chi connectivity index (χ4n) is 1.91. The number of ketones is 2. The number of urea groups is 1. The van der Waals surface area contributed by atoms with Gasteiger partial charge in [-0.15, -0.1) is 0 Å². The molecule has 0 aromatic rings. The van der Waals surface area contributed by atoms with Crippen LogP contribution in [0.1, 0.15) is 25.7 Å². The minimum absolute atomic E-state index is 0.0370. The molecule has 1 aliphatic rings. The molecule has 10 heteroatoms. The van der Waals surface area contributed by atoms with Crippen LogP contribution in [0.4, 0.5) is 4.79 Å². The van der Waals surface area contributed by atoms with Gasteiger partial charge in [-0.3, -0.25) is 14.4 Å². The van der Waals surface area contributed by atoms with Crippen molar-refractivity contribution in [3.63, 3.8) is 0 Å². The molecule has 0 heterocycles. The summed E-state index contributed by atoms with van der Waals surface area (Å²) in [6.45, 7) is 3.29. The average molecular weight is 360 g/mol. The smallest absolute Gasteiger partial charge is 0.314 e. The van der Waals surface area contributed by atoms with Gasteiger partial charge in [-0.05, 0) is 6.42 Å². The number of nitrogens with one attached hydrogen (secondary N) is 2. The maximum absolute atomic E-state index is 11.5. The summed E-state index contributed by atoms with van der Waals surface area (Å²) in [5.41, 5.74) is 0. The Morgan fingerprint density at radius 1 is 1.17 bits per heavy atom. The third kappa shape index (κ3) is 6.90. The van der Waals surface area contributed by atoms with Crippen LogP contribution in [-0.4, -0.2) is 56.9 Å². The first-order valence-electron chi connectivity index (χ1n) is 7.37. The van der Waals surface area contributed by atoms with Crippen molar-refractivity contribution < 1.29 is 32.3 Å². The lowest BCUT2D eigenvalue weighted by Gasteiger charge is -2.10. The third-order valence-corrected chi connectivity index (χ3v) is 4.58. The van der Waals surface area contributed by atoms with Crippen LogP contribution < -0.4 is 10.6 Å². The average Bonchev–Trinajstić information content (AvgIpc) is 2.83. The van der Waals surface area contributed by atoms with Gasteiger partial charge in [-0.1, -0.05) is 6.58 Å². The first kappa shape index (κ1) is 19.8. The highest BCUT2D eigenvalue weighted by Crippen LogP contribution is 2.14. The summed E-state index contributed by atoms with van der Waals surface area (Å²) in [5, 5.41) is 5.67. The topological polar surface area (TPSA) is 136 Å². The van der Waals surface area contributed by atoms with Crippen molar-refractivity contribution in [2.45, 2.75) is 31.8 Å². The molecule has 0 spiro atoms. The van der Waals surface area contributed by atoms with Gasteiger partial charge >= 0.3 is 12.0 Å². The molecule has 0 saturated heterocycles. The molecule has 24 heavy (non-hydrogen) atoms. The van der Waals surface area contributed by atoms with Crippen molar-refractivity contribution in [3.05, 3.63) is 12.0 Å². The van der Waals surface area contributed by atoms with E-state index in [1.54, 1.807) is 0 Å². The molecule has 134 valence electrons. The van der Waals surface area contributed by atoms with E-state index in [0.717, 1.165) is 5.41 Å². The number of carbonyl (C=O) groups is 4. The van der Waals surface area contributed by atoms with Crippen molar-refractivity contribution in [1.29, 1.82) is 0 Å². The van der Waals surface area contributed by atoms with Crippen molar-refractivity contribution in [2.75, 3.05) is 18.8 Å². The normalized spacial score (nSPS) is 15.2. The summed E-state index contributed by atoms with van der Waals surface area (Å²) in [6, 6.07) is -0.563. The zero-order valence-corrected chi connectivity index (χ0v) is 13.9. The van der Waals surface area contributed by atoms with E-state index in [9.17, 15) is 27.6 Å². The Labute approximate surface area is 139 Å². The van der Waals surface area contributed by atoms with E-state index < -0.39 is 39.5 Å².